The van der Waals surface area contributed by atoms with Gasteiger partial charge in [0.25, 0.3) is 0 Å². The predicted octanol–water partition coefficient (Wildman–Crippen LogP) is 3.28. The summed E-state index contributed by atoms with van der Waals surface area (Å²) in [5.41, 5.74) is 4.70. The molecule has 0 spiro atoms. The lowest BCUT2D eigenvalue weighted by Gasteiger charge is -2.30. The zero-order valence-electron chi connectivity index (χ0n) is 12.4. The van der Waals surface area contributed by atoms with Crippen LogP contribution in [0.3, 0.4) is 0 Å². The van der Waals surface area contributed by atoms with E-state index in [4.69, 9.17) is 10.9 Å². The van der Waals surface area contributed by atoms with Crippen LogP contribution in [0.25, 0.3) is 0 Å². The van der Waals surface area contributed by atoms with Crippen molar-refractivity contribution in [2.75, 3.05) is 11.9 Å². The highest BCUT2D eigenvalue weighted by atomic mass is 19.4. The standard InChI is InChI=1S/C14H20F3N3O/c1-8(2)9(3)20(4)10-5-6-12(14(15,16)17)11(7-10)13(18)19-21/h5-9,21H,1-4H3,(H2,18,19). The van der Waals surface area contributed by atoms with Gasteiger partial charge in [0.2, 0.25) is 0 Å². The molecule has 4 nitrogen and oxygen atoms in total. The average Bonchev–Trinajstić information content (AvgIpc) is 2.42. The number of hydrogen-bond donors (Lipinski definition) is 2. The number of benzene rings is 1. The molecular weight excluding hydrogens is 283 g/mol. The monoisotopic (exact) mass is 303 g/mol. The topological polar surface area (TPSA) is 61.8 Å². The van der Waals surface area contributed by atoms with Gasteiger partial charge in [0.05, 0.1) is 5.56 Å². The molecular formula is C14H20F3N3O. The predicted molar refractivity (Wildman–Crippen MR) is 76.7 cm³/mol. The highest BCUT2D eigenvalue weighted by Crippen LogP contribution is 2.34. The highest BCUT2D eigenvalue weighted by Gasteiger charge is 2.34. The Morgan fingerprint density at radius 3 is 2.29 bits per heavy atom. The summed E-state index contributed by atoms with van der Waals surface area (Å²) in [5.74, 6) is -0.237. The fraction of sp³-hybridized carbons (Fsp3) is 0.500. The van der Waals surface area contributed by atoms with Gasteiger partial charge in [-0.15, -0.1) is 0 Å². The average molecular weight is 303 g/mol. The zero-order valence-corrected chi connectivity index (χ0v) is 12.4. The summed E-state index contributed by atoms with van der Waals surface area (Å²) in [5, 5.41) is 11.4. The fourth-order valence-electron chi connectivity index (χ4n) is 1.95. The van der Waals surface area contributed by atoms with Crippen molar-refractivity contribution in [2.24, 2.45) is 16.8 Å². The molecule has 0 aliphatic heterocycles. The molecule has 1 aromatic rings. The first kappa shape index (κ1) is 17.1. The lowest BCUT2D eigenvalue weighted by Crippen LogP contribution is -2.33. The number of oxime groups is 1. The molecule has 7 heteroatoms. The lowest BCUT2D eigenvalue weighted by molar-refractivity contribution is -0.137. The Hall–Kier alpha value is -1.92. The molecule has 1 rings (SSSR count). The Morgan fingerprint density at radius 1 is 1.29 bits per heavy atom. The van der Waals surface area contributed by atoms with Gasteiger partial charge in [-0.3, -0.25) is 0 Å². The van der Waals surface area contributed by atoms with E-state index in [0.717, 1.165) is 6.07 Å². The van der Waals surface area contributed by atoms with Crippen LogP contribution in [0.4, 0.5) is 18.9 Å². The SMILES string of the molecule is CC(C)C(C)N(C)c1ccc(C(F)(F)F)c(/C(N)=N/O)c1. The minimum atomic E-state index is -4.56. The van der Waals surface area contributed by atoms with Crippen LogP contribution in [-0.4, -0.2) is 24.1 Å². The van der Waals surface area contributed by atoms with Crippen LogP contribution < -0.4 is 10.6 Å². The smallest absolute Gasteiger partial charge is 0.409 e. The molecule has 0 saturated carbocycles. The van der Waals surface area contributed by atoms with Crippen LogP contribution in [0, 0.1) is 5.92 Å². The van der Waals surface area contributed by atoms with E-state index in [0.29, 0.717) is 11.6 Å². The Bertz CT molecular complexity index is 527. The van der Waals surface area contributed by atoms with Gasteiger partial charge in [-0.25, -0.2) is 0 Å². The maximum Gasteiger partial charge on any atom is 0.417 e. The maximum atomic E-state index is 13.0. The Kier molecular flexibility index (Phi) is 5.09. The second-order valence-electron chi connectivity index (χ2n) is 5.31. The molecule has 1 atom stereocenters. The largest absolute Gasteiger partial charge is 0.417 e. The zero-order chi connectivity index (χ0) is 16.4. The molecule has 0 radical (unpaired) electrons. The summed E-state index contributed by atoms with van der Waals surface area (Å²) >= 11 is 0. The Morgan fingerprint density at radius 2 is 1.86 bits per heavy atom. The first-order valence-corrected chi connectivity index (χ1v) is 6.51. The molecule has 0 aliphatic carbocycles. The Balaban J connectivity index is 3.35. The minimum absolute atomic E-state index is 0.127. The van der Waals surface area contributed by atoms with E-state index in [1.165, 1.54) is 12.1 Å². The van der Waals surface area contributed by atoms with E-state index in [9.17, 15) is 13.2 Å². The van der Waals surface area contributed by atoms with Crippen molar-refractivity contribution < 1.29 is 18.4 Å². The molecule has 0 aromatic heterocycles. The van der Waals surface area contributed by atoms with E-state index in [1.54, 1.807) is 7.05 Å². The van der Waals surface area contributed by atoms with Crippen molar-refractivity contribution in [1.82, 2.24) is 0 Å². The van der Waals surface area contributed by atoms with Crippen molar-refractivity contribution in [3.8, 4) is 0 Å². The quantitative estimate of drug-likeness (QED) is 0.388. The van der Waals surface area contributed by atoms with Crippen molar-refractivity contribution >= 4 is 11.5 Å². The van der Waals surface area contributed by atoms with Gasteiger partial charge in [0.1, 0.15) is 0 Å². The fourth-order valence-corrected chi connectivity index (χ4v) is 1.95. The van der Waals surface area contributed by atoms with Gasteiger partial charge < -0.3 is 15.8 Å². The van der Waals surface area contributed by atoms with Crippen LogP contribution in [0.1, 0.15) is 31.9 Å². The molecule has 0 aliphatic rings. The number of rotatable bonds is 4. The number of nitrogens with zero attached hydrogens (tertiary/aromatic N) is 2. The second kappa shape index (κ2) is 6.24. The van der Waals surface area contributed by atoms with Gasteiger partial charge >= 0.3 is 6.18 Å². The summed E-state index contributed by atoms with van der Waals surface area (Å²) in [6.07, 6.45) is -4.56. The maximum absolute atomic E-state index is 13.0. The molecule has 0 bridgehead atoms. The number of hydrogen-bond acceptors (Lipinski definition) is 3. The molecule has 1 unspecified atom stereocenters. The summed E-state index contributed by atoms with van der Waals surface area (Å²) in [7, 11) is 1.79. The van der Waals surface area contributed by atoms with E-state index in [2.05, 4.69) is 5.16 Å². The van der Waals surface area contributed by atoms with E-state index in [1.807, 2.05) is 25.7 Å². The Labute approximate surface area is 122 Å². The third-order valence-corrected chi connectivity index (χ3v) is 3.68. The molecule has 0 saturated heterocycles. The van der Waals surface area contributed by atoms with Gasteiger partial charge in [-0.2, -0.15) is 13.2 Å². The van der Waals surface area contributed by atoms with E-state index >= 15 is 0 Å². The van der Waals surface area contributed by atoms with Gasteiger partial charge in [-0.05, 0) is 31.0 Å². The van der Waals surface area contributed by atoms with Gasteiger partial charge in [-0.1, -0.05) is 19.0 Å². The first-order valence-electron chi connectivity index (χ1n) is 6.51. The number of alkyl halides is 3. The van der Waals surface area contributed by atoms with Crippen LogP contribution in [0.5, 0.6) is 0 Å². The van der Waals surface area contributed by atoms with Crippen molar-refractivity contribution in [1.29, 1.82) is 0 Å². The molecule has 118 valence electrons. The summed E-state index contributed by atoms with van der Waals surface area (Å²) in [6, 6.07) is 3.75. The summed E-state index contributed by atoms with van der Waals surface area (Å²) in [4.78, 5) is 1.86. The number of amidine groups is 1. The minimum Gasteiger partial charge on any atom is -0.409 e. The third-order valence-electron chi connectivity index (χ3n) is 3.68. The molecule has 1 aromatic carbocycles. The molecule has 0 fully saturated rings. The van der Waals surface area contributed by atoms with E-state index in [-0.39, 0.29) is 11.6 Å². The molecule has 21 heavy (non-hydrogen) atoms. The van der Waals surface area contributed by atoms with Gasteiger partial charge in [0, 0.05) is 24.3 Å². The molecule has 0 amide bonds. The summed E-state index contributed by atoms with van der Waals surface area (Å²) < 4.78 is 38.9. The first-order chi connectivity index (χ1) is 9.59. The van der Waals surface area contributed by atoms with Crippen LogP contribution in [-0.2, 0) is 6.18 Å². The number of anilines is 1. The highest BCUT2D eigenvalue weighted by molar-refractivity contribution is 5.99. The third kappa shape index (κ3) is 3.80. The molecule has 0 heterocycles. The van der Waals surface area contributed by atoms with Crippen LogP contribution >= 0.6 is 0 Å². The van der Waals surface area contributed by atoms with Crippen molar-refractivity contribution in [2.45, 2.75) is 33.0 Å². The molecule has 3 N–H and O–H groups in total. The van der Waals surface area contributed by atoms with Crippen LogP contribution in [0.15, 0.2) is 23.4 Å². The van der Waals surface area contributed by atoms with Crippen molar-refractivity contribution in [3.63, 3.8) is 0 Å². The van der Waals surface area contributed by atoms with Crippen molar-refractivity contribution in [3.05, 3.63) is 29.3 Å². The normalized spacial score (nSPS) is 14.4. The summed E-state index contributed by atoms with van der Waals surface area (Å²) in [6.45, 7) is 6.02. The second-order valence-corrected chi connectivity index (χ2v) is 5.31. The van der Waals surface area contributed by atoms with E-state index < -0.39 is 17.6 Å². The number of nitrogens with two attached hydrogens (primary N) is 1. The van der Waals surface area contributed by atoms with Crippen LogP contribution in [0.2, 0.25) is 0 Å². The lowest BCUT2D eigenvalue weighted by atomic mass is 10.0. The van der Waals surface area contributed by atoms with Gasteiger partial charge in [0.15, 0.2) is 5.84 Å². The number of halogens is 3.